The number of hydrogen-bond donors (Lipinski definition) is 1. The molecule has 0 unspecified atom stereocenters. The molecule has 0 fully saturated rings. The van der Waals surface area contributed by atoms with Crippen molar-refractivity contribution in [2.45, 2.75) is 46.7 Å². The summed E-state index contributed by atoms with van der Waals surface area (Å²) in [5, 5.41) is 2.88. The van der Waals surface area contributed by atoms with E-state index in [-0.39, 0.29) is 24.1 Å². The van der Waals surface area contributed by atoms with Crippen molar-refractivity contribution < 1.29 is 22.4 Å². The van der Waals surface area contributed by atoms with Crippen LogP contribution in [-0.4, -0.2) is 50.5 Å². The Kier molecular flexibility index (Phi) is 9.61. The van der Waals surface area contributed by atoms with Gasteiger partial charge in [0.25, 0.3) is 0 Å². The smallest absolute Gasteiger partial charge is 0.244 e. The molecule has 1 atom stereocenters. The molecular formula is C25H34FN3O4S. The molecule has 1 N–H and O–H groups in total. The number of nitrogens with one attached hydrogen (secondary N) is 1. The van der Waals surface area contributed by atoms with Gasteiger partial charge >= 0.3 is 0 Å². The normalized spacial score (nSPS) is 12.3. The third-order valence-electron chi connectivity index (χ3n) is 5.30. The van der Waals surface area contributed by atoms with Gasteiger partial charge in [-0.25, -0.2) is 12.8 Å². The molecule has 7 nitrogen and oxygen atoms in total. The summed E-state index contributed by atoms with van der Waals surface area (Å²) >= 11 is 0. The van der Waals surface area contributed by atoms with Crippen molar-refractivity contribution in [3.8, 4) is 0 Å². The molecule has 0 saturated heterocycles. The SMILES string of the molecule is CC[C@@H](C(=O)NCC(C)C)N(Cc1cccc(C)c1)C(=O)CN(c1ccc(F)cc1)S(C)(=O)=O. The van der Waals surface area contributed by atoms with E-state index in [1.807, 2.05) is 52.0 Å². The predicted octanol–water partition coefficient (Wildman–Crippen LogP) is 3.48. The zero-order valence-corrected chi connectivity index (χ0v) is 21.2. The maximum Gasteiger partial charge on any atom is 0.244 e. The van der Waals surface area contributed by atoms with Crippen LogP contribution in [0.1, 0.15) is 38.3 Å². The Morgan fingerprint density at radius 3 is 2.26 bits per heavy atom. The average Bonchev–Trinajstić information content (AvgIpc) is 2.75. The Balaban J connectivity index is 2.41. The second-order valence-corrected chi connectivity index (χ2v) is 10.7. The van der Waals surface area contributed by atoms with Crippen LogP contribution in [0.4, 0.5) is 10.1 Å². The van der Waals surface area contributed by atoms with Gasteiger partial charge in [-0.05, 0) is 49.1 Å². The lowest BCUT2D eigenvalue weighted by Gasteiger charge is -2.33. The average molecular weight is 492 g/mol. The maximum atomic E-state index is 13.5. The number of nitrogens with zero attached hydrogens (tertiary/aromatic N) is 2. The number of rotatable bonds is 11. The van der Waals surface area contributed by atoms with Gasteiger partial charge in [-0.15, -0.1) is 0 Å². The number of anilines is 1. The van der Waals surface area contributed by atoms with Crippen molar-refractivity contribution in [2.75, 3.05) is 23.7 Å². The number of amides is 2. The summed E-state index contributed by atoms with van der Waals surface area (Å²) in [7, 11) is -3.85. The van der Waals surface area contributed by atoms with Gasteiger partial charge < -0.3 is 10.2 Å². The molecule has 2 aromatic rings. The highest BCUT2D eigenvalue weighted by molar-refractivity contribution is 7.92. The van der Waals surface area contributed by atoms with Gasteiger partial charge in [0.15, 0.2) is 0 Å². The van der Waals surface area contributed by atoms with Crippen LogP contribution in [0.15, 0.2) is 48.5 Å². The van der Waals surface area contributed by atoms with Crippen molar-refractivity contribution in [2.24, 2.45) is 5.92 Å². The third-order valence-corrected chi connectivity index (χ3v) is 6.44. The molecule has 0 heterocycles. The second kappa shape index (κ2) is 12.0. The Morgan fingerprint density at radius 2 is 1.74 bits per heavy atom. The Morgan fingerprint density at radius 1 is 1.09 bits per heavy atom. The molecule has 2 rings (SSSR count). The number of carbonyl (C=O) groups is 2. The van der Waals surface area contributed by atoms with Gasteiger partial charge in [0.2, 0.25) is 21.8 Å². The van der Waals surface area contributed by atoms with Crippen LogP contribution < -0.4 is 9.62 Å². The molecule has 0 radical (unpaired) electrons. The zero-order chi connectivity index (χ0) is 25.5. The fourth-order valence-electron chi connectivity index (χ4n) is 3.57. The van der Waals surface area contributed by atoms with E-state index in [1.54, 1.807) is 0 Å². The summed E-state index contributed by atoms with van der Waals surface area (Å²) in [6.45, 7) is 7.80. The van der Waals surface area contributed by atoms with Gasteiger partial charge in [-0.1, -0.05) is 50.6 Å². The Bertz CT molecular complexity index is 1090. The van der Waals surface area contributed by atoms with Gasteiger partial charge in [0.05, 0.1) is 11.9 Å². The molecule has 0 aliphatic heterocycles. The summed E-state index contributed by atoms with van der Waals surface area (Å²) in [5.74, 6) is -1.09. The largest absolute Gasteiger partial charge is 0.354 e. The van der Waals surface area contributed by atoms with E-state index in [4.69, 9.17) is 0 Å². The molecular weight excluding hydrogens is 457 g/mol. The zero-order valence-electron chi connectivity index (χ0n) is 20.4. The highest BCUT2D eigenvalue weighted by atomic mass is 32.2. The van der Waals surface area contributed by atoms with Crippen LogP contribution in [0.25, 0.3) is 0 Å². The standard InChI is InChI=1S/C25H34FN3O4S/c1-6-23(25(31)27-15-18(2)3)28(16-20-9-7-8-19(4)14-20)24(30)17-29(34(5,32)33)22-12-10-21(26)11-13-22/h7-14,18,23H,6,15-17H2,1-5H3,(H,27,31)/t23-/m0/s1. The summed E-state index contributed by atoms with van der Waals surface area (Å²) < 4.78 is 39.3. The molecule has 9 heteroatoms. The van der Waals surface area contributed by atoms with Crippen molar-refractivity contribution in [3.05, 3.63) is 65.5 Å². The molecule has 0 aromatic heterocycles. The molecule has 0 aliphatic carbocycles. The van der Waals surface area contributed by atoms with Crippen LogP contribution in [0.3, 0.4) is 0 Å². The topological polar surface area (TPSA) is 86.8 Å². The van der Waals surface area contributed by atoms with Crippen LogP contribution in [0.5, 0.6) is 0 Å². The number of hydrogen-bond acceptors (Lipinski definition) is 4. The first-order valence-corrected chi connectivity index (χ1v) is 13.1. The van der Waals surface area contributed by atoms with E-state index >= 15 is 0 Å². The first-order valence-electron chi connectivity index (χ1n) is 11.3. The van der Waals surface area contributed by atoms with E-state index in [9.17, 15) is 22.4 Å². The van der Waals surface area contributed by atoms with Crippen LogP contribution in [0, 0.1) is 18.7 Å². The van der Waals surface area contributed by atoms with Gasteiger partial charge in [-0.2, -0.15) is 0 Å². The van der Waals surface area contributed by atoms with E-state index in [0.29, 0.717) is 13.0 Å². The lowest BCUT2D eigenvalue weighted by atomic mass is 10.1. The number of sulfonamides is 1. The van der Waals surface area contributed by atoms with Crippen LogP contribution in [-0.2, 0) is 26.2 Å². The monoisotopic (exact) mass is 491 g/mol. The summed E-state index contributed by atoms with van der Waals surface area (Å²) in [4.78, 5) is 28.0. The first-order chi connectivity index (χ1) is 15.9. The highest BCUT2D eigenvalue weighted by Gasteiger charge is 2.31. The number of benzene rings is 2. The van der Waals surface area contributed by atoms with Crippen LogP contribution in [0.2, 0.25) is 0 Å². The van der Waals surface area contributed by atoms with E-state index in [1.165, 1.54) is 17.0 Å². The Labute approximate surface area is 202 Å². The maximum absolute atomic E-state index is 13.5. The molecule has 0 bridgehead atoms. The van der Waals surface area contributed by atoms with Crippen molar-refractivity contribution in [1.29, 1.82) is 0 Å². The van der Waals surface area contributed by atoms with Crippen molar-refractivity contribution in [3.63, 3.8) is 0 Å². The fourth-order valence-corrected chi connectivity index (χ4v) is 4.42. The molecule has 186 valence electrons. The Hall–Kier alpha value is -2.94. The molecule has 2 amide bonds. The van der Waals surface area contributed by atoms with Crippen molar-refractivity contribution in [1.82, 2.24) is 10.2 Å². The minimum Gasteiger partial charge on any atom is -0.354 e. The lowest BCUT2D eigenvalue weighted by molar-refractivity contribution is -0.140. The lowest BCUT2D eigenvalue weighted by Crippen LogP contribution is -2.52. The van der Waals surface area contributed by atoms with E-state index in [0.717, 1.165) is 33.8 Å². The first kappa shape index (κ1) is 27.3. The molecule has 34 heavy (non-hydrogen) atoms. The van der Waals surface area contributed by atoms with E-state index in [2.05, 4.69) is 5.32 Å². The minimum atomic E-state index is -3.85. The van der Waals surface area contributed by atoms with Gasteiger partial charge in [0, 0.05) is 13.1 Å². The second-order valence-electron chi connectivity index (χ2n) is 8.82. The van der Waals surface area contributed by atoms with Crippen molar-refractivity contribution >= 4 is 27.5 Å². The highest BCUT2D eigenvalue weighted by Crippen LogP contribution is 2.20. The van der Waals surface area contributed by atoms with Gasteiger partial charge in [-0.3, -0.25) is 13.9 Å². The van der Waals surface area contributed by atoms with Gasteiger partial charge in [0.1, 0.15) is 18.4 Å². The van der Waals surface area contributed by atoms with Crippen LogP contribution >= 0.6 is 0 Å². The summed E-state index contributed by atoms with van der Waals surface area (Å²) in [5.41, 5.74) is 2.01. The predicted molar refractivity (Wildman–Crippen MR) is 132 cm³/mol. The van der Waals surface area contributed by atoms with E-state index < -0.39 is 34.3 Å². The quantitative estimate of drug-likeness (QED) is 0.521. The fraction of sp³-hybridized carbons (Fsp3) is 0.440. The molecule has 2 aromatic carbocycles. The summed E-state index contributed by atoms with van der Waals surface area (Å²) in [6, 6.07) is 11.7. The number of halogens is 1. The minimum absolute atomic E-state index is 0.148. The number of carbonyl (C=O) groups excluding carboxylic acids is 2. The number of aryl methyl sites for hydroxylation is 1. The molecule has 0 aliphatic rings. The summed E-state index contributed by atoms with van der Waals surface area (Å²) in [6.07, 6.45) is 1.35. The molecule has 0 spiro atoms. The third kappa shape index (κ3) is 7.83. The molecule has 0 saturated carbocycles.